The molecule has 0 heterocycles. The minimum atomic E-state index is -0.295. The lowest BCUT2D eigenvalue weighted by molar-refractivity contribution is -0.141. The highest BCUT2D eigenvalue weighted by Gasteiger charge is 2.52. The zero-order chi connectivity index (χ0) is 20.9. The van der Waals surface area contributed by atoms with Crippen LogP contribution in [0.1, 0.15) is 80.1 Å². The Morgan fingerprint density at radius 2 is 1.86 bits per heavy atom. The second-order valence-corrected chi connectivity index (χ2v) is 9.33. The predicted molar refractivity (Wildman–Crippen MR) is 112 cm³/mol. The van der Waals surface area contributed by atoms with Gasteiger partial charge in [-0.2, -0.15) is 0 Å². The normalized spacial score (nSPS) is 32.9. The minimum Gasteiger partial charge on any atom is -0.462 e. The maximum Gasteiger partial charge on any atom is 0.302 e. The fourth-order valence-corrected chi connectivity index (χ4v) is 5.47. The van der Waals surface area contributed by atoms with Gasteiger partial charge in [-0.05, 0) is 79.8 Å². The van der Waals surface area contributed by atoms with Crippen LogP contribution >= 0.6 is 0 Å². The van der Waals surface area contributed by atoms with E-state index in [1.165, 1.54) is 39.5 Å². The van der Waals surface area contributed by atoms with Crippen molar-refractivity contribution in [2.45, 2.75) is 80.1 Å². The standard InChI is InChI=1S/C24H38O4/c1-17-8-7-9-22-23(17,5)13-10-18(2)24(22,6)14-11-21(16-28-20(4)26)12-15-27-19(3)25/h8,12,18,22H,7,9-11,13-16H2,1-6H3/b21-12-/t18-,22+,23+,24+/m1/s1. The van der Waals surface area contributed by atoms with E-state index in [1.807, 2.05) is 6.08 Å². The molecule has 4 atom stereocenters. The third-order valence-corrected chi connectivity index (χ3v) is 7.70. The smallest absolute Gasteiger partial charge is 0.302 e. The molecule has 1 fully saturated rings. The maximum absolute atomic E-state index is 11.3. The molecule has 0 spiro atoms. The molecular weight excluding hydrogens is 352 g/mol. The first-order valence-electron chi connectivity index (χ1n) is 10.7. The van der Waals surface area contributed by atoms with Crippen LogP contribution in [0.5, 0.6) is 0 Å². The first-order valence-corrected chi connectivity index (χ1v) is 10.7. The third-order valence-electron chi connectivity index (χ3n) is 7.70. The Bertz CT molecular complexity index is 647. The van der Waals surface area contributed by atoms with Gasteiger partial charge in [-0.25, -0.2) is 0 Å². The maximum atomic E-state index is 11.3. The van der Waals surface area contributed by atoms with Gasteiger partial charge in [0.2, 0.25) is 0 Å². The van der Waals surface area contributed by atoms with Crippen molar-refractivity contribution in [3.63, 3.8) is 0 Å². The molecule has 4 heteroatoms. The first kappa shape index (κ1) is 22.7. The molecule has 0 amide bonds. The second-order valence-electron chi connectivity index (χ2n) is 9.33. The summed E-state index contributed by atoms with van der Waals surface area (Å²) in [4.78, 5) is 22.3. The molecule has 0 aromatic heterocycles. The van der Waals surface area contributed by atoms with Gasteiger partial charge in [-0.15, -0.1) is 0 Å². The number of hydrogen-bond donors (Lipinski definition) is 0. The summed E-state index contributed by atoms with van der Waals surface area (Å²) in [6.07, 6.45) is 11.2. The number of rotatable bonds is 7. The van der Waals surface area contributed by atoms with Crippen LogP contribution in [0.15, 0.2) is 23.3 Å². The second kappa shape index (κ2) is 9.28. The molecule has 0 saturated heterocycles. The van der Waals surface area contributed by atoms with Gasteiger partial charge in [0.1, 0.15) is 13.2 Å². The summed E-state index contributed by atoms with van der Waals surface area (Å²) in [5.74, 6) is 0.768. The molecule has 0 aromatic carbocycles. The SMILES string of the molecule is CC(=O)OC/C=C(/CC[C@@]1(C)[C@H](C)CC[C@@]2(C)C(C)=CCC[C@H]12)COC(C)=O. The number of allylic oxidation sites excluding steroid dienone is 2. The lowest BCUT2D eigenvalue weighted by Gasteiger charge is -2.58. The summed E-state index contributed by atoms with van der Waals surface area (Å²) in [5, 5.41) is 0. The lowest BCUT2D eigenvalue weighted by atomic mass is 9.47. The molecule has 2 aliphatic carbocycles. The molecule has 0 radical (unpaired) electrons. The Morgan fingerprint density at radius 3 is 2.50 bits per heavy atom. The summed E-state index contributed by atoms with van der Waals surface area (Å²) >= 11 is 0. The Labute approximate surface area is 170 Å². The van der Waals surface area contributed by atoms with Gasteiger partial charge in [0.15, 0.2) is 0 Å². The topological polar surface area (TPSA) is 52.6 Å². The van der Waals surface area contributed by atoms with Crippen LogP contribution in [-0.2, 0) is 19.1 Å². The number of carbonyl (C=O) groups is 2. The van der Waals surface area contributed by atoms with Crippen LogP contribution in [0.2, 0.25) is 0 Å². The number of fused-ring (bicyclic) bond motifs is 1. The van der Waals surface area contributed by atoms with Crippen LogP contribution in [0, 0.1) is 22.7 Å². The number of carbonyl (C=O) groups excluding carboxylic acids is 2. The number of hydrogen-bond acceptors (Lipinski definition) is 4. The summed E-state index contributed by atoms with van der Waals surface area (Å²) in [7, 11) is 0. The highest BCUT2D eigenvalue weighted by molar-refractivity contribution is 5.66. The molecule has 0 bridgehead atoms. The average Bonchev–Trinajstić information content (AvgIpc) is 2.62. The summed E-state index contributed by atoms with van der Waals surface area (Å²) in [6, 6.07) is 0. The quantitative estimate of drug-likeness (QED) is 0.418. The highest BCUT2D eigenvalue weighted by Crippen LogP contribution is 2.61. The average molecular weight is 391 g/mol. The summed E-state index contributed by atoms with van der Waals surface area (Å²) in [5.41, 5.74) is 3.16. The lowest BCUT2D eigenvalue weighted by Crippen LogP contribution is -2.49. The first-order chi connectivity index (χ1) is 13.1. The fourth-order valence-electron chi connectivity index (χ4n) is 5.47. The van der Waals surface area contributed by atoms with Gasteiger partial charge in [0.25, 0.3) is 0 Å². The fraction of sp³-hybridized carbons (Fsp3) is 0.750. The third kappa shape index (κ3) is 5.07. The molecule has 1 saturated carbocycles. The van der Waals surface area contributed by atoms with Gasteiger partial charge in [0, 0.05) is 13.8 Å². The van der Waals surface area contributed by atoms with Crippen molar-refractivity contribution in [2.24, 2.45) is 22.7 Å². The van der Waals surface area contributed by atoms with Crippen LogP contribution in [-0.4, -0.2) is 25.2 Å². The van der Waals surface area contributed by atoms with E-state index in [1.54, 1.807) is 5.57 Å². The van der Waals surface area contributed by atoms with E-state index in [4.69, 9.17) is 9.47 Å². The van der Waals surface area contributed by atoms with E-state index in [0.29, 0.717) is 17.3 Å². The van der Waals surface area contributed by atoms with Gasteiger partial charge in [-0.3, -0.25) is 9.59 Å². The van der Waals surface area contributed by atoms with Crippen molar-refractivity contribution in [1.82, 2.24) is 0 Å². The van der Waals surface area contributed by atoms with Crippen LogP contribution in [0.3, 0.4) is 0 Å². The van der Waals surface area contributed by atoms with Crippen molar-refractivity contribution in [3.8, 4) is 0 Å². The molecule has 28 heavy (non-hydrogen) atoms. The van der Waals surface area contributed by atoms with Gasteiger partial charge < -0.3 is 9.47 Å². The molecule has 2 rings (SSSR count). The molecular formula is C24H38O4. The molecule has 0 aliphatic heterocycles. The Hall–Kier alpha value is -1.58. The van der Waals surface area contributed by atoms with E-state index in [9.17, 15) is 9.59 Å². The molecule has 0 unspecified atom stereocenters. The number of ether oxygens (including phenoxy) is 2. The van der Waals surface area contributed by atoms with E-state index in [0.717, 1.165) is 18.4 Å². The van der Waals surface area contributed by atoms with Crippen LogP contribution in [0.4, 0.5) is 0 Å². The Balaban J connectivity index is 2.15. The van der Waals surface area contributed by atoms with Gasteiger partial charge in [-0.1, -0.05) is 32.4 Å². The highest BCUT2D eigenvalue weighted by atomic mass is 16.5. The molecule has 2 aliphatic rings. The Kier molecular flexibility index (Phi) is 7.52. The molecule has 0 aromatic rings. The van der Waals surface area contributed by atoms with E-state index in [2.05, 4.69) is 33.8 Å². The van der Waals surface area contributed by atoms with Crippen molar-refractivity contribution in [2.75, 3.05) is 13.2 Å². The predicted octanol–water partition coefficient (Wildman–Crippen LogP) is 5.62. The van der Waals surface area contributed by atoms with Crippen molar-refractivity contribution >= 4 is 11.9 Å². The monoisotopic (exact) mass is 390 g/mol. The number of esters is 2. The van der Waals surface area contributed by atoms with Crippen molar-refractivity contribution in [3.05, 3.63) is 23.3 Å². The van der Waals surface area contributed by atoms with Gasteiger partial charge in [0.05, 0.1) is 0 Å². The van der Waals surface area contributed by atoms with E-state index >= 15 is 0 Å². The minimum absolute atomic E-state index is 0.237. The van der Waals surface area contributed by atoms with Crippen molar-refractivity contribution < 1.29 is 19.1 Å². The van der Waals surface area contributed by atoms with E-state index in [-0.39, 0.29) is 30.6 Å². The van der Waals surface area contributed by atoms with Crippen molar-refractivity contribution in [1.29, 1.82) is 0 Å². The zero-order valence-corrected chi connectivity index (χ0v) is 18.6. The largest absolute Gasteiger partial charge is 0.462 e. The summed E-state index contributed by atoms with van der Waals surface area (Å²) in [6.45, 7) is 13.0. The molecule has 4 nitrogen and oxygen atoms in total. The summed E-state index contributed by atoms with van der Waals surface area (Å²) < 4.78 is 10.3. The van der Waals surface area contributed by atoms with Gasteiger partial charge >= 0.3 is 11.9 Å². The molecule has 0 N–H and O–H groups in total. The van der Waals surface area contributed by atoms with E-state index < -0.39 is 0 Å². The molecule has 158 valence electrons. The van der Waals surface area contributed by atoms with Crippen LogP contribution < -0.4 is 0 Å². The zero-order valence-electron chi connectivity index (χ0n) is 18.6. The Morgan fingerprint density at radius 1 is 1.18 bits per heavy atom. The van der Waals surface area contributed by atoms with Crippen LogP contribution in [0.25, 0.3) is 0 Å².